The molecule has 19 heavy (non-hydrogen) atoms. The highest BCUT2D eigenvalue weighted by atomic mass is 14.2. The van der Waals surface area contributed by atoms with Gasteiger partial charge in [0.05, 0.1) is 0 Å². The highest BCUT2D eigenvalue weighted by Crippen LogP contribution is 2.33. The second-order valence-electron chi connectivity index (χ2n) is 5.62. The van der Waals surface area contributed by atoms with E-state index in [2.05, 4.69) is 50.3 Å². The number of benzene rings is 3. The van der Waals surface area contributed by atoms with E-state index in [0.29, 0.717) is 0 Å². The van der Waals surface area contributed by atoms with Gasteiger partial charge in [0.1, 0.15) is 0 Å². The Bertz CT molecular complexity index is 853. The second-order valence-corrected chi connectivity index (χ2v) is 5.62. The minimum Gasteiger partial charge on any atom is -0.0760 e. The van der Waals surface area contributed by atoms with E-state index in [1.165, 1.54) is 56.3 Å². The van der Waals surface area contributed by atoms with Gasteiger partial charge in [-0.15, -0.1) is 0 Å². The molecule has 0 aromatic heterocycles. The molecule has 0 bridgehead atoms. The van der Waals surface area contributed by atoms with Crippen molar-refractivity contribution < 1.29 is 0 Å². The highest BCUT2D eigenvalue weighted by molar-refractivity contribution is 6.13. The number of rotatable bonds is 1. The van der Waals surface area contributed by atoms with Crippen LogP contribution >= 0.6 is 0 Å². The smallest absolute Gasteiger partial charge is 0.00272 e. The summed E-state index contributed by atoms with van der Waals surface area (Å²) in [5, 5.41) is 7.38. The van der Waals surface area contributed by atoms with Gasteiger partial charge in [-0.2, -0.15) is 0 Å². The van der Waals surface area contributed by atoms with Gasteiger partial charge in [0.15, 0.2) is 0 Å². The molecular formula is C19H18. The van der Waals surface area contributed by atoms with Gasteiger partial charge >= 0.3 is 0 Å². The Hall–Kier alpha value is -1.82. The first kappa shape index (κ1) is 11.0. The van der Waals surface area contributed by atoms with E-state index in [0.717, 1.165) is 6.42 Å². The van der Waals surface area contributed by atoms with E-state index >= 15 is 0 Å². The Morgan fingerprint density at radius 3 is 2.79 bits per heavy atom. The second kappa shape index (κ2) is 3.84. The van der Waals surface area contributed by atoms with E-state index in [1.807, 2.05) is 0 Å². The standard InChI is InChI=1S/C19H18/c1-3-15-12(2)16-8-4-6-13-10-11-14-7-5-9-17(15)19(14)18(13)16/h5,7-11H,3-4,6H2,1-2H3. The molecule has 0 spiro atoms. The van der Waals surface area contributed by atoms with Crippen LogP contribution < -0.4 is 5.22 Å². The number of hydrogen-bond donors (Lipinski definition) is 0. The summed E-state index contributed by atoms with van der Waals surface area (Å²) in [4.78, 5) is 0. The summed E-state index contributed by atoms with van der Waals surface area (Å²) in [6, 6.07) is 11.4. The van der Waals surface area contributed by atoms with Gasteiger partial charge in [-0.1, -0.05) is 43.3 Å². The summed E-state index contributed by atoms with van der Waals surface area (Å²) in [5.41, 5.74) is 4.56. The average Bonchev–Trinajstić information content (AvgIpc) is 2.46. The van der Waals surface area contributed by atoms with Crippen LogP contribution in [0.3, 0.4) is 0 Å². The SMILES string of the molecule is CCc1c(C)c2c3c(ccc4cccc1c43)CCC=2. The minimum absolute atomic E-state index is 1.12. The molecule has 0 saturated carbocycles. The largest absolute Gasteiger partial charge is 0.0760 e. The molecule has 0 saturated heterocycles. The van der Waals surface area contributed by atoms with Gasteiger partial charge in [-0.05, 0) is 69.6 Å². The summed E-state index contributed by atoms with van der Waals surface area (Å²) < 4.78 is 0. The predicted molar refractivity (Wildman–Crippen MR) is 83.6 cm³/mol. The van der Waals surface area contributed by atoms with E-state index in [4.69, 9.17) is 0 Å². The van der Waals surface area contributed by atoms with Gasteiger partial charge in [0, 0.05) is 0 Å². The van der Waals surface area contributed by atoms with Crippen LogP contribution in [0.1, 0.15) is 30.0 Å². The molecule has 94 valence electrons. The molecule has 4 rings (SSSR count). The van der Waals surface area contributed by atoms with Gasteiger partial charge in [-0.25, -0.2) is 0 Å². The molecule has 0 aliphatic heterocycles. The van der Waals surface area contributed by atoms with Crippen LogP contribution in [0.15, 0.2) is 30.3 Å². The topological polar surface area (TPSA) is 0 Å². The maximum atomic E-state index is 2.45. The first-order valence-electron chi connectivity index (χ1n) is 7.27. The van der Waals surface area contributed by atoms with Crippen LogP contribution in [0, 0.1) is 6.92 Å². The molecule has 0 radical (unpaired) electrons. The van der Waals surface area contributed by atoms with Crippen LogP contribution in [-0.4, -0.2) is 0 Å². The molecule has 0 nitrogen and oxygen atoms in total. The molecule has 0 N–H and O–H groups in total. The van der Waals surface area contributed by atoms with Crippen LogP contribution in [-0.2, 0) is 12.8 Å². The maximum absolute atomic E-state index is 2.45. The van der Waals surface area contributed by atoms with Gasteiger partial charge in [0.25, 0.3) is 0 Å². The summed E-state index contributed by atoms with van der Waals surface area (Å²) in [5.74, 6) is 0. The molecule has 1 aliphatic carbocycles. The summed E-state index contributed by atoms with van der Waals surface area (Å²) in [6.07, 6.45) is 5.94. The third-order valence-electron chi connectivity index (χ3n) is 4.70. The zero-order chi connectivity index (χ0) is 13.0. The fourth-order valence-electron chi connectivity index (χ4n) is 3.82. The van der Waals surface area contributed by atoms with Gasteiger partial charge < -0.3 is 0 Å². The Balaban J connectivity index is 2.42. The van der Waals surface area contributed by atoms with Crippen LogP contribution in [0.2, 0.25) is 0 Å². The van der Waals surface area contributed by atoms with Crippen molar-refractivity contribution in [1.29, 1.82) is 0 Å². The van der Waals surface area contributed by atoms with E-state index < -0.39 is 0 Å². The fraction of sp³-hybridized carbons (Fsp3) is 0.263. The van der Waals surface area contributed by atoms with Crippen molar-refractivity contribution in [3.8, 4) is 0 Å². The normalized spacial score (nSPS) is 14.0. The molecule has 1 aliphatic rings. The molecule has 3 aromatic carbocycles. The van der Waals surface area contributed by atoms with Crippen molar-refractivity contribution in [3.63, 3.8) is 0 Å². The Morgan fingerprint density at radius 1 is 1.05 bits per heavy atom. The maximum Gasteiger partial charge on any atom is -0.00272 e. The summed E-state index contributed by atoms with van der Waals surface area (Å²) >= 11 is 0. The molecule has 0 heteroatoms. The van der Waals surface area contributed by atoms with Crippen LogP contribution in [0.4, 0.5) is 0 Å². The third-order valence-corrected chi connectivity index (χ3v) is 4.70. The molecule has 0 fully saturated rings. The third kappa shape index (κ3) is 1.35. The van der Waals surface area contributed by atoms with Gasteiger partial charge in [-0.3, -0.25) is 0 Å². The predicted octanol–water partition coefficient (Wildman–Crippen LogP) is 4.31. The molecule has 0 unspecified atom stereocenters. The summed E-state index contributed by atoms with van der Waals surface area (Å²) in [6.45, 7) is 4.57. The van der Waals surface area contributed by atoms with Crippen molar-refractivity contribution in [2.45, 2.75) is 33.1 Å². The lowest BCUT2D eigenvalue weighted by molar-refractivity contribution is 1.03. The number of aryl methyl sites for hydroxylation is 2. The number of hydrogen-bond acceptors (Lipinski definition) is 0. The molecule has 0 amide bonds. The Kier molecular flexibility index (Phi) is 2.23. The Morgan fingerprint density at radius 2 is 1.95 bits per heavy atom. The van der Waals surface area contributed by atoms with E-state index in [1.54, 1.807) is 0 Å². The first-order chi connectivity index (χ1) is 9.31. The highest BCUT2D eigenvalue weighted by Gasteiger charge is 2.15. The minimum atomic E-state index is 1.12. The van der Waals surface area contributed by atoms with E-state index in [9.17, 15) is 0 Å². The first-order valence-corrected chi connectivity index (χ1v) is 7.27. The van der Waals surface area contributed by atoms with Crippen molar-refractivity contribution in [1.82, 2.24) is 0 Å². The lowest BCUT2D eigenvalue weighted by Crippen LogP contribution is -2.16. The van der Waals surface area contributed by atoms with Crippen molar-refractivity contribution in [2.75, 3.05) is 0 Å². The van der Waals surface area contributed by atoms with Crippen molar-refractivity contribution in [3.05, 3.63) is 52.2 Å². The lowest BCUT2D eigenvalue weighted by Gasteiger charge is -2.19. The molecule has 3 aromatic rings. The van der Waals surface area contributed by atoms with Crippen molar-refractivity contribution in [2.24, 2.45) is 0 Å². The lowest BCUT2D eigenvalue weighted by atomic mass is 9.85. The zero-order valence-electron chi connectivity index (χ0n) is 11.6. The fourth-order valence-corrected chi connectivity index (χ4v) is 3.82. The van der Waals surface area contributed by atoms with Crippen LogP contribution in [0.25, 0.3) is 27.6 Å². The van der Waals surface area contributed by atoms with E-state index in [-0.39, 0.29) is 0 Å². The molecular weight excluding hydrogens is 228 g/mol. The van der Waals surface area contributed by atoms with Crippen molar-refractivity contribution >= 4 is 27.6 Å². The van der Waals surface area contributed by atoms with Gasteiger partial charge in [0.2, 0.25) is 0 Å². The quantitative estimate of drug-likeness (QED) is 0.600. The Labute approximate surface area is 113 Å². The average molecular weight is 246 g/mol. The molecule has 0 heterocycles. The van der Waals surface area contributed by atoms with Crippen LogP contribution in [0.5, 0.6) is 0 Å². The monoisotopic (exact) mass is 246 g/mol. The molecule has 0 atom stereocenters. The zero-order valence-corrected chi connectivity index (χ0v) is 11.6. The summed E-state index contributed by atoms with van der Waals surface area (Å²) in [7, 11) is 0.